The Hall–Kier alpha value is -1.59. The highest BCUT2D eigenvalue weighted by atomic mass is 16.5. The van der Waals surface area contributed by atoms with Gasteiger partial charge in [-0.1, -0.05) is 12.1 Å². The SMILES string of the molecule is CC1CNCC(COc2ccccc2C(N)=O)O1. The van der Waals surface area contributed by atoms with Crippen LogP contribution in [0.25, 0.3) is 0 Å². The predicted octanol–water partition coefficient (Wildman–Crippen LogP) is 0.541. The van der Waals surface area contributed by atoms with Gasteiger partial charge in [-0.05, 0) is 19.1 Å². The summed E-state index contributed by atoms with van der Waals surface area (Å²) in [6.07, 6.45) is 0.174. The molecular weight excluding hydrogens is 232 g/mol. The highest BCUT2D eigenvalue weighted by Gasteiger charge is 2.20. The van der Waals surface area contributed by atoms with E-state index in [1.54, 1.807) is 18.2 Å². The van der Waals surface area contributed by atoms with Crippen LogP contribution >= 0.6 is 0 Å². The fourth-order valence-corrected chi connectivity index (χ4v) is 1.95. The van der Waals surface area contributed by atoms with Crippen LogP contribution in [0.2, 0.25) is 0 Å². The molecule has 98 valence electrons. The molecule has 0 spiro atoms. The lowest BCUT2D eigenvalue weighted by Crippen LogP contribution is -2.45. The number of amides is 1. The minimum Gasteiger partial charge on any atom is -0.490 e. The molecule has 1 heterocycles. The second-order valence-electron chi connectivity index (χ2n) is 4.40. The lowest BCUT2D eigenvalue weighted by Gasteiger charge is -2.28. The van der Waals surface area contributed by atoms with E-state index in [0.717, 1.165) is 13.1 Å². The van der Waals surface area contributed by atoms with Gasteiger partial charge in [0, 0.05) is 13.1 Å². The molecule has 5 nitrogen and oxygen atoms in total. The molecule has 1 aliphatic heterocycles. The van der Waals surface area contributed by atoms with Crippen LogP contribution in [0.4, 0.5) is 0 Å². The van der Waals surface area contributed by atoms with Gasteiger partial charge in [0.05, 0.1) is 11.7 Å². The first-order chi connectivity index (χ1) is 8.66. The van der Waals surface area contributed by atoms with Gasteiger partial charge in [-0.2, -0.15) is 0 Å². The Morgan fingerprint density at radius 1 is 1.50 bits per heavy atom. The van der Waals surface area contributed by atoms with Crippen LogP contribution in [0.3, 0.4) is 0 Å². The van der Waals surface area contributed by atoms with Gasteiger partial charge in [-0.15, -0.1) is 0 Å². The van der Waals surface area contributed by atoms with E-state index in [1.807, 2.05) is 13.0 Å². The second-order valence-corrected chi connectivity index (χ2v) is 4.40. The zero-order valence-corrected chi connectivity index (χ0v) is 10.4. The number of nitrogens with one attached hydrogen (secondary N) is 1. The molecule has 2 rings (SSSR count). The zero-order chi connectivity index (χ0) is 13.0. The van der Waals surface area contributed by atoms with Gasteiger partial charge in [-0.3, -0.25) is 4.79 Å². The number of ether oxygens (including phenoxy) is 2. The van der Waals surface area contributed by atoms with Crippen molar-refractivity contribution in [2.45, 2.75) is 19.1 Å². The summed E-state index contributed by atoms with van der Waals surface area (Å²) >= 11 is 0. The maximum atomic E-state index is 11.2. The van der Waals surface area contributed by atoms with E-state index in [9.17, 15) is 4.79 Å². The van der Waals surface area contributed by atoms with Crippen molar-refractivity contribution in [3.05, 3.63) is 29.8 Å². The van der Waals surface area contributed by atoms with E-state index >= 15 is 0 Å². The van der Waals surface area contributed by atoms with Crippen LogP contribution < -0.4 is 15.8 Å². The average Bonchev–Trinajstić information content (AvgIpc) is 2.37. The molecule has 1 amide bonds. The number of para-hydroxylation sites is 1. The van der Waals surface area contributed by atoms with Crippen LogP contribution in [0.5, 0.6) is 5.75 Å². The van der Waals surface area contributed by atoms with E-state index in [-0.39, 0.29) is 12.2 Å². The molecule has 0 radical (unpaired) electrons. The topological polar surface area (TPSA) is 73.6 Å². The van der Waals surface area contributed by atoms with Gasteiger partial charge in [0.2, 0.25) is 0 Å². The van der Waals surface area contributed by atoms with Crippen molar-refractivity contribution in [3.63, 3.8) is 0 Å². The zero-order valence-electron chi connectivity index (χ0n) is 10.4. The molecule has 0 aromatic heterocycles. The van der Waals surface area contributed by atoms with Crippen molar-refractivity contribution in [2.24, 2.45) is 5.73 Å². The molecule has 0 saturated carbocycles. The van der Waals surface area contributed by atoms with E-state index < -0.39 is 5.91 Å². The van der Waals surface area contributed by atoms with Crippen molar-refractivity contribution in [2.75, 3.05) is 19.7 Å². The van der Waals surface area contributed by atoms with Crippen molar-refractivity contribution in [1.82, 2.24) is 5.32 Å². The van der Waals surface area contributed by atoms with Gasteiger partial charge in [0.15, 0.2) is 0 Å². The molecule has 1 saturated heterocycles. The third-order valence-electron chi connectivity index (χ3n) is 2.81. The molecule has 18 heavy (non-hydrogen) atoms. The van der Waals surface area contributed by atoms with Crippen molar-refractivity contribution >= 4 is 5.91 Å². The Kier molecular flexibility index (Phi) is 4.17. The summed E-state index contributed by atoms with van der Waals surface area (Å²) in [5.41, 5.74) is 5.68. The fraction of sp³-hybridized carbons (Fsp3) is 0.462. The van der Waals surface area contributed by atoms with Crippen LogP contribution in [0, 0.1) is 0 Å². The highest BCUT2D eigenvalue weighted by molar-refractivity contribution is 5.95. The summed E-state index contributed by atoms with van der Waals surface area (Å²) in [6, 6.07) is 6.96. The first kappa shape index (κ1) is 12.9. The van der Waals surface area contributed by atoms with E-state index in [0.29, 0.717) is 17.9 Å². The molecule has 1 aromatic rings. The number of primary amides is 1. The standard InChI is InChI=1S/C13H18N2O3/c1-9-6-15-7-10(18-9)8-17-12-5-3-2-4-11(12)13(14)16/h2-5,9-10,15H,6-8H2,1H3,(H2,14,16). The van der Waals surface area contributed by atoms with Gasteiger partial charge < -0.3 is 20.5 Å². The van der Waals surface area contributed by atoms with Gasteiger partial charge in [0.25, 0.3) is 5.91 Å². The largest absolute Gasteiger partial charge is 0.490 e. The Morgan fingerprint density at radius 2 is 2.28 bits per heavy atom. The van der Waals surface area contributed by atoms with Crippen LogP contribution in [-0.4, -0.2) is 37.8 Å². The first-order valence-electron chi connectivity index (χ1n) is 6.04. The molecule has 2 unspecified atom stereocenters. The summed E-state index contributed by atoms with van der Waals surface area (Å²) in [7, 11) is 0. The van der Waals surface area contributed by atoms with Gasteiger partial charge in [-0.25, -0.2) is 0 Å². The minimum atomic E-state index is -0.485. The van der Waals surface area contributed by atoms with Crippen LogP contribution in [0.15, 0.2) is 24.3 Å². The predicted molar refractivity (Wildman–Crippen MR) is 67.7 cm³/mol. The third kappa shape index (κ3) is 3.21. The lowest BCUT2D eigenvalue weighted by atomic mass is 10.2. The molecule has 5 heteroatoms. The van der Waals surface area contributed by atoms with Gasteiger partial charge in [0.1, 0.15) is 18.5 Å². The molecule has 0 bridgehead atoms. The Bertz CT molecular complexity index is 422. The summed E-state index contributed by atoms with van der Waals surface area (Å²) < 4.78 is 11.3. The molecular formula is C13H18N2O3. The number of benzene rings is 1. The number of carbonyl (C=O) groups is 1. The Balaban J connectivity index is 1.95. The van der Waals surface area contributed by atoms with Crippen molar-refractivity contribution in [3.8, 4) is 5.75 Å². The highest BCUT2D eigenvalue weighted by Crippen LogP contribution is 2.18. The van der Waals surface area contributed by atoms with Crippen molar-refractivity contribution in [1.29, 1.82) is 0 Å². The van der Waals surface area contributed by atoms with Crippen molar-refractivity contribution < 1.29 is 14.3 Å². The van der Waals surface area contributed by atoms with E-state index in [2.05, 4.69) is 5.32 Å². The second kappa shape index (κ2) is 5.84. The number of hydrogen-bond donors (Lipinski definition) is 2. The maximum Gasteiger partial charge on any atom is 0.252 e. The van der Waals surface area contributed by atoms with E-state index in [4.69, 9.17) is 15.2 Å². The molecule has 3 N–H and O–H groups in total. The normalized spacial score (nSPS) is 23.6. The van der Waals surface area contributed by atoms with Crippen LogP contribution in [-0.2, 0) is 4.74 Å². The van der Waals surface area contributed by atoms with E-state index in [1.165, 1.54) is 0 Å². The number of nitrogens with two attached hydrogens (primary N) is 1. The monoisotopic (exact) mass is 250 g/mol. The molecule has 1 aliphatic rings. The molecule has 0 aliphatic carbocycles. The quantitative estimate of drug-likeness (QED) is 0.818. The van der Waals surface area contributed by atoms with Crippen LogP contribution in [0.1, 0.15) is 17.3 Å². The Labute approximate surface area is 106 Å². The summed E-state index contributed by atoms with van der Waals surface area (Å²) in [4.78, 5) is 11.2. The lowest BCUT2D eigenvalue weighted by molar-refractivity contribution is -0.0471. The molecule has 1 fully saturated rings. The fourth-order valence-electron chi connectivity index (χ4n) is 1.95. The summed E-state index contributed by atoms with van der Waals surface area (Å²) in [5, 5.41) is 3.26. The Morgan fingerprint density at radius 3 is 3.00 bits per heavy atom. The smallest absolute Gasteiger partial charge is 0.252 e. The molecule has 2 atom stereocenters. The summed E-state index contributed by atoms with van der Waals surface area (Å²) in [6.45, 7) is 4.02. The summed E-state index contributed by atoms with van der Waals surface area (Å²) in [5.74, 6) is 0.0217. The number of morpholine rings is 1. The number of rotatable bonds is 4. The number of carbonyl (C=O) groups excluding carboxylic acids is 1. The third-order valence-corrected chi connectivity index (χ3v) is 2.81. The minimum absolute atomic E-state index is 0.00492. The first-order valence-corrected chi connectivity index (χ1v) is 6.04. The van der Waals surface area contributed by atoms with Gasteiger partial charge >= 0.3 is 0 Å². The average molecular weight is 250 g/mol. The number of hydrogen-bond acceptors (Lipinski definition) is 4. The maximum absolute atomic E-state index is 11.2. The molecule has 1 aromatic carbocycles.